The summed E-state index contributed by atoms with van der Waals surface area (Å²) < 4.78 is 7.71. The summed E-state index contributed by atoms with van der Waals surface area (Å²) in [4.78, 5) is 4.40. The topological polar surface area (TPSA) is 52.0 Å². The SMILES string of the molecule is CCCNC(Cc1ncnn1CC)C1COC(C)C1. The Morgan fingerprint density at radius 2 is 2.37 bits per heavy atom. The van der Waals surface area contributed by atoms with E-state index in [1.807, 2.05) is 4.68 Å². The first kappa shape index (κ1) is 14.5. The number of ether oxygens (including phenoxy) is 1. The van der Waals surface area contributed by atoms with Gasteiger partial charge in [0.15, 0.2) is 0 Å². The fraction of sp³-hybridized carbons (Fsp3) is 0.857. The lowest BCUT2D eigenvalue weighted by Gasteiger charge is -2.23. The minimum atomic E-state index is 0.389. The summed E-state index contributed by atoms with van der Waals surface area (Å²) in [7, 11) is 0. The van der Waals surface area contributed by atoms with Crippen LogP contribution in [0.4, 0.5) is 0 Å². The maximum absolute atomic E-state index is 5.72. The van der Waals surface area contributed by atoms with Crippen LogP contribution in [0.2, 0.25) is 0 Å². The highest BCUT2D eigenvalue weighted by Gasteiger charge is 2.30. The predicted molar refractivity (Wildman–Crippen MR) is 75.0 cm³/mol. The number of aryl methyl sites for hydroxylation is 1. The Morgan fingerprint density at radius 1 is 1.53 bits per heavy atom. The zero-order chi connectivity index (χ0) is 13.7. The number of nitrogens with zero attached hydrogens (tertiary/aromatic N) is 3. The Kier molecular flexibility index (Phi) is 5.34. The lowest BCUT2D eigenvalue weighted by molar-refractivity contribution is 0.116. The Hall–Kier alpha value is -0.940. The molecule has 0 radical (unpaired) electrons. The van der Waals surface area contributed by atoms with Crippen molar-refractivity contribution in [2.45, 2.75) is 58.7 Å². The Bertz CT molecular complexity index is 379. The molecule has 1 aliphatic heterocycles. The van der Waals surface area contributed by atoms with Crippen molar-refractivity contribution in [1.82, 2.24) is 20.1 Å². The molecule has 1 fully saturated rings. The zero-order valence-corrected chi connectivity index (χ0v) is 12.3. The number of rotatable bonds is 7. The Labute approximate surface area is 115 Å². The smallest absolute Gasteiger partial charge is 0.138 e. The van der Waals surface area contributed by atoms with Crippen molar-refractivity contribution in [3.8, 4) is 0 Å². The first-order valence-electron chi connectivity index (χ1n) is 7.46. The van der Waals surface area contributed by atoms with Crippen LogP contribution >= 0.6 is 0 Å². The third kappa shape index (κ3) is 3.76. The molecule has 3 unspecified atom stereocenters. The van der Waals surface area contributed by atoms with Crippen LogP contribution in [-0.4, -0.2) is 40.1 Å². The lowest BCUT2D eigenvalue weighted by atomic mass is 9.94. The van der Waals surface area contributed by atoms with Gasteiger partial charge >= 0.3 is 0 Å². The van der Waals surface area contributed by atoms with E-state index in [0.29, 0.717) is 18.1 Å². The molecule has 3 atom stereocenters. The lowest BCUT2D eigenvalue weighted by Crippen LogP contribution is -2.39. The van der Waals surface area contributed by atoms with Crippen LogP contribution in [0, 0.1) is 5.92 Å². The standard InChI is InChI=1S/C14H26N4O/c1-4-6-15-13(12-7-11(3)19-9-12)8-14-16-10-17-18(14)5-2/h10-13,15H,4-9H2,1-3H3. The van der Waals surface area contributed by atoms with Gasteiger partial charge < -0.3 is 10.1 Å². The first-order chi connectivity index (χ1) is 9.24. The van der Waals surface area contributed by atoms with Crippen molar-refractivity contribution in [3.05, 3.63) is 12.2 Å². The summed E-state index contributed by atoms with van der Waals surface area (Å²) in [5.74, 6) is 1.67. The van der Waals surface area contributed by atoms with Crippen molar-refractivity contribution >= 4 is 0 Å². The largest absolute Gasteiger partial charge is 0.378 e. The summed E-state index contributed by atoms with van der Waals surface area (Å²) in [5, 5.41) is 7.92. The molecule has 0 saturated carbocycles. The minimum Gasteiger partial charge on any atom is -0.378 e. The van der Waals surface area contributed by atoms with E-state index in [0.717, 1.165) is 44.8 Å². The van der Waals surface area contributed by atoms with E-state index in [2.05, 4.69) is 36.2 Å². The number of hydrogen-bond acceptors (Lipinski definition) is 4. The van der Waals surface area contributed by atoms with Gasteiger partial charge in [-0.3, -0.25) is 4.68 Å². The second-order valence-electron chi connectivity index (χ2n) is 5.40. The van der Waals surface area contributed by atoms with Gasteiger partial charge in [0, 0.05) is 24.9 Å². The summed E-state index contributed by atoms with van der Waals surface area (Å²) >= 11 is 0. The molecule has 0 bridgehead atoms. The average Bonchev–Trinajstić information content (AvgIpc) is 3.02. The first-order valence-corrected chi connectivity index (χ1v) is 7.46. The molecule has 0 amide bonds. The molecule has 1 aromatic heterocycles. The van der Waals surface area contributed by atoms with Crippen LogP contribution in [0.5, 0.6) is 0 Å². The van der Waals surface area contributed by atoms with Crippen molar-refractivity contribution in [2.24, 2.45) is 5.92 Å². The molecule has 5 heteroatoms. The highest BCUT2D eigenvalue weighted by Crippen LogP contribution is 2.24. The van der Waals surface area contributed by atoms with Gasteiger partial charge in [-0.15, -0.1) is 0 Å². The number of nitrogens with one attached hydrogen (secondary N) is 1. The van der Waals surface area contributed by atoms with E-state index in [-0.39, 0.29) is 0 Å². The van der Waals surface area contributed by atoms with Crippen molar-refractivity contribution in [3.63, 3.8) is 0 Å². The van der Waals surface area contributed by atoms with Crippen LogP contribution in [0.1, 0.15) is 39.4 Å². The fourth-order valence-electron chi connectivity index (χ4n) is 2.77. The van der Waals surface area contributed by atoms with E-state index in [1.54, 1.807) is 6.33 Å². The molecule has 1 aromatic rings. The van der Waals surface area contributed by atoms with Gasteiger partial charge in [0.1, 0.15) is 12.2 Å². The Morgan fingerprint density at radius 3 is 3.00 bits per heavy atom. The van der Waals surface area contributed by atoms with Gasteiger partial charge in [-0.25, -0.2) is 4.98 Å². The van der Waals surface area contributed by atoms with Crippen LogP contribution in [-0.2, 0) is 17.7 Å². The van der Waals surface area contributed by atoms with Gasteiger partial charge in [0.2, 0.25) is 0 Å². The molecule has 19 heavy (non-hydrogen) atoms. The zero-order valence-electron chi connectivity index (χ0n) is 12.3. The second-order valence-corrected chi connectivity index (χ2v) is 5.40. The van der Waals surface area contributed by atoms with Crippen LogP contribution in [0.15, 0.2) is 6.33 Å². The van der Waals surface area contributed by atoms with Crippen molar-refractivity contribution < 1.29 is 4.74 Å². The minimum absolute atomic E-state index is 0.389. The van der Waals surface area contributed by atoms with Crippen molar-refractivity contribution in [2.75, 3.05) is 13.2 Å². The highest BCUT2D eigenvalue weighted by atomic mass is 16.5. The summed E-state index contributed by atoms with van der Waals surface area (Å²) in [5.41, 5.74) is 0. The van der Waals surface area contributed by atoms with Crippen molar-refractivity contribution in [1.29, 1.82) is 0 Å². The van der Waals surface area contributed by atoms with E-state index in [4.69, 9.17) is 4.74 Å². The monoisotopic (exact) mass is 266 g/mol. The molecule has 1 saturated heterocycles. The average molecular weight is 266 g/mol. The van der Waals surface area contributed by atoms with Gasteiger partial charge in [0.05, 0.1) is 12.7 Å². The van der Waals surface area contributed by atoms with Crippen LogP contribution < -0.4 is 5.32 Å². The normalized spacial score (nSPS) is 24.8. The van der Waals surface area contributed by atoms with Gasteiger partial charge in [-0.05, 0) is 33.2 Å². The van der Waals surface area contributed by atoms with Gasteiger partial charge in [0.25, 0.3) is 0 Å². The molecule has 1 aliphatic rings. The van der Waals surface area contributed by atoms with E-state index in [9.17, 15) is 0 Å². The van der Waals surface area contributed by atoms with Crippen LogP contribution in [0.25, 0.3) is 0 Å². The molecule has 108 valence electrons. The third-order valence-corrected chi connectivity index (χ3v) is 3.85. The number of hydrogen-bond donors (Lipinski definition) is 1. The number of aromatic nitrogens is 3. The molecular weight excluding hydrogens is 240 g/mol. The van der Waals surface area contributed by atoms with Gasteiger partial charge in [-0.1, -0.05) is 6.92 Å². The third-order valence-electron chi connectivity index (χ3n) is 3.85. The van der Waals surface area contributed by atoms with E-state index < -0.39 is 0 Å². The fourth-order valence-corrected chi connectivity index (χ4v) is 2.77. The van der Waals surface area contributed by atoms with Gasteiger partial charge in [-0.2, -0.15) is 5.10 Å². The molecular formula is C14H26N4O. The highest BCUT2D eigenvalue weighted by molar-refractivity contribution is 4.94. The molecule has 1 N–H and O–H groups in total. The molecule has 5 nitrogen and oxygen atoms in total. The molecule has 2 rings (SSSR count). The molecule has 0 spiro atoms. The second kappa shape index (κ2) is 7.01. The van der Waals surface area contributed by atoms with Crippen LogP contribution in [0.3, 0.4) is 0 Å². The quantitative estimate of drug-likeness (QED) is 0.815. The molecule has 0 aromatic carbocycles. The maximum Gasteiger partial charge on any atom is 0.138 e. The summed E-state index contributed by atoms with van der Waals surface area (Å²) in [6, 6.07) is 0.444. The van der Waals surface area contributed by atoms with E-state index in [1.165, 1.54) is 0 Å². The predicted octanol–water partition coefficient (Wildman–Crippen LogP) is 1.63. The van der Waals surface area contributed by atoms with E-state index >= 15 is 0 Å². The molecule has 2 heterocycles. The molecule has 0 aliphatic carbocycles. The Balaban J connectivity index is 2.01. The summed E-state index contributed by atoms with van der Waals surface area (Å²) in [6.45, 7) is 9.26. The summed E-state index contributed by atoms with van der Waals surface area (Å²) in [6.07, 6.45) is 5.28. The maximum atomic E-state index is 5.72.